The Morgan fingerprint density at radius 2 is 1.85 bits per heavy atom. The fourth-order valence-corrected chi connectivity index (χ4v) is 3.24. The standard InChI is InChI=1S/C20H24ClN3O2/c1-26-19-7-5-16(6-8-19)9-10-22-20(25)24-13-11-23(12-14-24)18-4-2-3-17(21)15-18/h2-8,15H,9-14H2,1H3,(H,22,25). The van der Waals surface area contributed by atoms with E-state index in [1.807, 2.05) is 47.4 Å². The zero-order valence-electron chi connectivity index (χ0n) is 15.0. The molecule has 5 nitrogen and oxygen atoms in total. The molecule has 0 saturated carbocycles. The highest BCUT2D eigenvalue weighted by atomic mass is 35.5. The van der Waals surface area contributed by atoms with Crippen LogP contribution in [0.2, 0.25) is 5.02 Å². The van der Waals surface area contributed by atoms with Crippen molar-refractivity contribution in [2.24, 2.45) is 0 Å². The summed E-state index contributed by atoms with van der Waals surface area (Å²) < 4.78 is 5.15. The van der Waals surface area contributed by atoms with E-state index >= 15 is 0 Å². The zero-order chi connectivity index (χ0) is 18.4. The Kier molecular flexibility index (Phi) is 6.23. The third-order valence-electron chi connectivity index (χ3n) is 4.59. The molecular weight excluding hydrogens is 350 g/mol. The first-order valence-corrected chi connectivity index (χ1v) is 9.20. The van der Waals surface area contributed by atoms with Crippen LogP contribution in [-0.2, 0) is 6.42 Å². The number of halogens is 1. The van der Waals surface area contributed by atoms with Crippen LogP contribution in [-0.4, -0.2) is 50.8 Å². The molecule has 26 heavy (non-hydrogen) atoms. The third kappa shape index (κ3) is 4.82. The fourth-order valence-electron chi connectivity index (χ4n) is 3.06. The normalized spacial score (nSPS) is 14.2. The first kappa shape index (κ1) is 18.4. The van der Waals surface area contributed by atoms with Crippen LogP contribution in [0.3, 0.4) is 0 Å². The van der Waals surface area contributed by atoms with E-state index in [-0.39, 0.29) is 6.03 Å². The molecule has 1 saturated heterocycles. The lowest BCUT2D eigenvalue weighted by Gasteiger charge is -2.36. The van der Waals surface area contributed by atoms with Crippen LogP contribution in [0.15, 0.2) is 48.5 Å². The number of rotatable bonds is 5. The van der Waals surface area contributed by atoms with Crippen molar-refractivity contribution in [3.05, 3.63) is 59.1 Å². The number of ether oxygens (including phenoxy) is 1. The number of nitrogens with one attached hydrogen (secondary N) is 1. The maximum absolute atomic E-state index is 12.3. The number of hydrogen-bond donors (Lipinski definition) is 1. The van der Waals surface area contributed by atoms with Crippen molar-refractivity contribution < 1.29 is 9.53 Å². The van der Waals surface area contributed by atoms with Crippen molar-refractivity contribution in [1.29, 1.82) is 0 Å². The highest BCUT2D eigenvalue weighted by Gasteiger charge is 2.21. The molecule has 0 bridgehead atoms. The third-order valence-corrected chi connectivity index (χ3v) is 4.82. The molecule has 6 heteroatoms. The van der Waals surface area contributed by atoms with Crippen molar-refractivity contribution in [1.82, 2.24) is 10.2 Å². The smallest absolute Gasteiger partial charge is 0.317 e. The van der Waals surface area contributed by atoms with Gasteiger partial charge in [-0.3, -0.25) is 0 Å². The molecule has 2 aromatic rings. The molecule has 1 heterocycles. The molecule has 1 aliphatic heterocycles. The second-order valence-corrected chi connectivity index (χ2v) is 6.72. The number of nitrogens with zero attached hydrogens (tertiary/aromatic N) is 2. The average molecular weight is 374 g/mol. The van der Waals surface area contributed by atoms with Gasteiger partial charge in [-0.25, -0.2) is 4.79 Å². The Morgan fingerprint density at radius 1 is 1.12 bits per heavy atom. The lowest BCUT2D eigenvalue weighted by Crippen LogP contribution is -2.52. The Balaban J connectivity index is 1.42. The zero-order valence-corrected chi connectivity index (χ0v) is 15.7. The van der Waals surface area contributed by atoms with Crippen molar-refractivity contribution >= 4 is 23.3 Å². The molecule has 0 atom stereocenters. The lowest BCUT2D eigenvalue weighted by molar-refractivity contribution is 0.194. The number of carbonyl (C=O) groups is 1. The second-order valence-electron chi connectivity index (χ2n) is 6.28. The number of piperazine rings is 1. The summed E-state index contributed by atoms with van der Waals surface area (Å²) in [5, 5.41) is 3.75. The van der Waals surface area contributed by atoms with Gasteiger partial charge >= 0.3 is 6.03 Å². The summed E-state index contributed by atoms with van der Waals surface area (Å²) >= 11 is 6.06. The number of anilines is 1. The van der Waals surface area contributed by atoms with Crippen LogP contribution in [0.5, 0.6) is 5.75 Å². The predicted molar refractivity (Wildman–Crippen MR) is 105 cm³/mol. The minimum absolute atomic E-state index is 0.00394. The monoisotopic (exact) mass is 373 g/mol. The molecular formula is C20H24ClN3O2. The van der Waals surface area contributed by atoms with Gasteiger partial charge in [-0.05, 0) is 42.3 Å². The van der Waals surface area contributed by atoms with Crippen LogP contribution in [0, 0.1) is 0 Å². The van der Waals surface area contributed by atoms with Crippen molar-refractivity contribution in [3.8, 4) is 5.75 Å². The SMILES string of the molecule is COc1ccc(CCNC(=O)N2CCN(c3cccc(Cl)c3)CC2)cc1. The number of carbonyl (C=O) groups excluding carboxylic acids is 1. The molecule has 1 N–H and O–H groups in total. The summed E-state index contributed by atoms with van der Waals surface area (Å²) in [4.78, 5) is 16.5. The Hall–Kier alpha value is -2.40. The van der Waals surface area contributed by atoms with E-state index in [1.165, 1.54) is 5.56 Å². The molecule has 1 aliphatic rings. The molecule has 0 unspecified atom stereocenters. The van der Waals surface area contributed by atoms with E-state index in [2.05, 4.69) is 16.3 Å². The molecule has 0 spiro atoms. The average Bonchev–Trinajstić information content (AvgIpc) is 2.68. The first-order valence-electron chi connectivity index (χ1n) is 8.82. The highest BCUT2D eigenvalue weighted by molar-refractivity contribution is 6.30. The number of hydrogen-bond acceptors (Lipinski definition) is 3. The van der Waals surface area contributed by atoms with Gasteiger partial charge in [-0.15, -0.1) is 0 Å². The molecule has 3 rings (SSSR count). The quantitative estimate of drug-likeness (QED) is 0.873. The van der Waals surface area contributed by atoms with Gasteiger partial charge in [0.05, 0.1) is 7.11 Å². The summed E-state index contributed by atoms with van der Waals surface area (Å²) in [5.41, 5.74) is 2.29. The molecule has 0 aromatic heterocycles. The van der Waals surface area contributed by atoms with Crippen LogP contribution < -0.4 is 15.0 Å². The first-order chi connectivity index (χ1) is 12.7. The van der Waals surface area contributed by atoms with E-state index in [9.17, 15) is 4.79 Å². The Bertz CT molecular complexity index is 728. The number of methoxy groups -OCH3 is 1. The molecule has 0 radical (unpaired) electrons. The van der Waals surface area contributed by atoms with Gasteiger partial charge in [-0.1, -0.05) is 29.8 Å². The molecule has 2 amide bonds. The van der Waals surface area contributed by atoms with E-state index in [1.54, 1.807) is 7.11 Å². The maximum atomic E-state index is 12.3. The van der Waals surface area contributed by atoms with E-state index in [0.29, 0.717) is 19.6 Å². The Morgan fingerprint density at radius 3 is 2.50 bits per heavy atom. The van der Waals surface area contributed by atoms with Crippen LogP contribution in [0.1, 0.15) is 5.56 Å². The van der Waals surface area contributed by atoms with Gasteiger partial charge < -0.3 is 19.9 Å². The van der Waals surface area contributed by atoms with Crippen LogP contribution >= 0.6 is 11.6 Å². The Labute approximate surface area is 159 Å². The van der Waals surface area contributed by atoms with Crippen molar-refractivity contribution in [2.75, 3.05) is 44.7 Å². The predicted octanol–water partition coefficient (Wildman–Crippen LogP) is 3.42. The summed E-state index contributed by atoms with van der Waals surface area (Å²) in [7, 11) is 1.65. The summed E-state index contributed by atoms with van der Waals surface area (Å²) in [5.74, 6) is 0.843. The van der Waals surface area contributed by atoms with Crippen molar-refractivity contribution in [3.63, 3.8) is 0 Å². The lowest BCUT2D eigenvalue weighted by atomic mass is 10.1. The van der Waals surface area contributed by atoms with Crippen LogP contribution in [0.25, 0.3) is 0 Å². The maximum Gasteiger partial charge on any atom is 0.317 e. The molecule has 138 valence electrons. The summed E-state index contributed by atoms with van der Waals surface area (Å²) in [6.07, 6.45) is 0.804. The van der Waals surface area contributed by atoms with Gasteiger partial charge in [0.15, 0.2) is 0 Å². The number of benzene rings is 2. The van der Waals surface area contributed by atoms with E-state index in [0.717, 1.165) is 36.0 Å². The summed E-state index contributed by atoms with van der Waals surface area (Å²) in [6, 6.07) is 15.8. The molecule has 1 fully saturated rings. The molecule has 0 aliphatic carbocycles. The van der Waals surface area contributed by atoms with Crippen molar-refractivity contribution in [2.45, 2.75) is 6.42 Å². The van der Waals surface area contributed by atoms with E-state index < -0.39 is 0 Å². The molecule has 2 aromatic carbocycles. The highest BCUT2D eigenvalue weighted by Crippen LogP contribution is 2.20. The van der Waals surface area contributed by atoms with Gasteiger partial charge in [0.1, 0.15) is 5.75 Å². The van der Waals surface area contributed by atoms with Gasteiger partial charge in [0.25, 0.3) is 0 Å². The largest absolute Gasteiger partial charge is 0.497 e. The minimum atomic E-state index is 0.00394. The number of urea groups is 1. The van der Waals surface area contributed by atoms with Gasteiger partial charge in [0, 0.05) is 43.4 Å². The topological polar surface area (TPSA) is 44.8 Å². The van der Waals surface area contributed by atoms with E-state index in [4.69, 9.17) is 16.3 Å². The minimum Gasteiger partial charge on any atom is -0.497 e. The van der Waals surface area contributed by atoms with Gasteiger partial charge in [0.2, 0.25) is 0 Å². The second kappa shape index (κ2) is 8.81. The van der Waals surface area contributed by atoms with Gasteiger partial charge in [-0.2, -0.15) is 0 Å². The summed E-state index contributed by atoms with van der Waals surface area (Å²) in [6.45, 7) is 3.67. The fraction of sp³-hybridized carbons (Fsp3) is 0.350. The number of amides is 2. The van der Waals surface area contributed by atoms with Crippen LogP contribution in [0.4, 0.5) is 10.5 Å².